The topological polar surface area (TPSA) is 78.9 Å². The summed E-state index contributed by atoms with van der Waals surface area (Å²) in [6.45, 7) is 6.56. The van der Waals surface area contributed by atoms with Crippen LogP contribution in [0.4, 0.5) is 0 Å². The van der Waals surface area contributed by atoms with Crippen LogP contribution < -0.4 is 0 Å². The fourth-order valence-corrected chi connectivity index (χ4v) is 11.1. The Morgan fingerprint density at radius 3 is 0.735 bits per heavy atom. The van der Waals surface area contributed by atoms with Crippen molar-refractivity contribution in [1.29, 1.82) is 0 Å². The van der Waals surface area contributed by atoms with Crippen molar-refractivity contribution in [2.75, 3.05) is 13.2 Å². The van der Waals surface area contributed by atoms with Gasteiger partial charge in [0.25, 0.3) is 0 Å². The lowest BCUT2D eigenvalue weighted by Crippen LogP contribution is -2.30. The maximum Gasteiger partial charge on any atom is 0.306 e. The molecule has 0 aromatic rings. The first kappa shape index (κ1) is 80.1. The molecule has 0 spiro atoms. The molecule has 0 rings (SSSR count). The molecule has 0 bridgehead atoms. The first-order valence-corrected chi connectivity index (χ1v) is 36.8. The van der Waals surface area contributed by atoms with E-state index in [0.717, 1.165) is 89.9 Å². The van der Waals surface area contributed by atoms with Gasteiger partial charge in [0.2, 0.25) is 0 Å². The fraction of sp³-hybridized carbons (Fsp3) is 0.831. The van der Waals surface area contributed by atoms with Crippen LogP contribution in [0.1, 0.15) is 393 Å². The minimum Gasteiger partial charge on any atom is -0.462 e. The monoisotopic (exact) mass is 1160 g/mol. The van der Waals surface area contributed by atoms with Gasteiger partial charge in [0.1, 0.15) is 13.2 Å². The van der Waals surface area contributed by atoms with Gasteiger partial charge in [-0.1, -0.05) is 370 Å². The van der Waals surface area contributed by atoms with E-state index in [1.54, 1.807) is 0 Å². The number of ether oxygens (including phenoxy) is 3. The molecule has 1 atom stereocenters. The molecule has 83 heavy (non-hydrogen) atoms. The number of esters is 3. The van der Waals surface area contributed by atoms with Crippen molar-refractivity contribution in [3.8, 4) is 0 Å². The standard InChI is InChI=1S/C77H140O6/c1-4-7-10-13-16-19-21-23-25-27-29-31-33-35-37-38-39-41-42-44-46-48-50-52-54-56-58-61-64-67-70-76(79)82-73-74(72-81-75(78)69-66-63-60-18-15-12-9-6-3)83-77(80)71-68-65-62-59-57-55-53-51-49-47-45-43-40-36-34-32-30-28-26-24-22-20-17-14-11-8-5-2/h8,11,17,20,24,26,30,32,36,40,74H,4-7,9-10,12-16,18-19,21-23,25,27-29,31,33-35,37-39,41-73H2,1-3H3/b11-8-,20-17-,26-24-,32-30-,40-36-. The normalized spacial score (nSPS) is 12.4. The highest BCUT2D eigenvalue weighted by atomic mass is 16.6. The van der Waals surface area contributed by atoms with E-state index in [9.17, 15) is 14.4 Å². The van der Waals surface area contributed by atoms with Crippen LogP contribution in [-0.2, 0) is 28.6 Å². The average molecular weight is 1160 g/mol. The smallest absolute Gasteiger partial charge is 0.306 e. The van der Waals surface area contributed by atoms with Gasteiger partial charge < -0.3 is 14.2 Å². The van der Waals surface area contributed by atoms with E-state index >= 15 is 0 Å². The molecule has 0 amide bonds. The Kier molecular flexibility index (Phi) is 69.1. The number of rotatable bonds is 68. The van der Waals surface area contributed by atoms with Crippen molar-refractivity contribution in [2.24, 2.45) is 0 Å². The predicted molar refractivity (Wildman–Crippen MR) is 362 cm³/mol. The number of hydrogen-bond donors (Lipinski definition) is 0. The van der Waals surface area contributed by atoms with Gasteiger partial charge in [-0.05, 0) is 64.2 Å². The maximum atomic E-state index is 12.9. The van der Waals surface area contributed by atoms with Crippen LogP contribution in [0.5, 0.6) is 0 Å². The second-order valence-corrected chi connectivity index (χ2v) is 24.8. The summed E-state index contributed by atoms with van der Waals surface area (Å²) in [5.41, 5.74) is 0. The minimum atomic E-state index is -0.773. The first-order valence-electron chi connectivity index (χ1n) is 36.8. The van der Waals surface area contributed by atoms with Gasteiger partial charge in [-0.25, -0.2) is 0 Å². The van der Waals surface area contributed by atoms with Gasteiger partial charge in [-0.2, -0.15) is 0 Å². The number of carbonyl (C=O) groups excluding carboxylic acids is 3. The lowest BCUT2D eigenvalue weighted by molar-refractivity contribution is -0.167. The van der Waals surface area contributed by atoms with Gasteiger partial charge in [-0.3, -0.25) is 14.4 Å². The Balaban J connectivity index is 4.05. The minimum absolute atomic E-state index is 0.0699. The lowest BCUT2D eigenvalue weighted by atomic mass is 10.0. The molecule has 0 aromatic carbocycles. The molecule has 0 N–H and O–H groups in total. The molecule has 0 aliphatic carbocycles. The summed E-state index contributed by atoms with van der Waals surface area (Å²) in [7, 11) is 0. The molecular formula is C77H140O6. The van der Waals surface area contributed by atoms with Crippen LogP contribution in [0, 0.1) is 0 Å². The second-order valence-electron chi connectivity index (χ2n) is 24.8. The van der Waals surface area contributed by atoms with E-state index in [1.807, 2.05) is 0 Å². The molecule has 0 saturated carbocycles. The molecule has 484 valence electrons. The van der Waals surface area contributed by atoms with Gasteiger partial charge in [0.15, 0.2) is 6.10 Å². The highest BCUT2D eigenvalue weighted by molar-refractivity contribution is 5.71. The van der Waals surface area contributed by atoms with Crippen molar-refractivity contribution in [1.82, 2.24) is 0 Å². The van der Waals surface area contributed by atoms with Crippen LogP contribution in [0.15, 0.2) is 60.8 Å². The zero-order valence-corrected chi connectivity index (χ0v) is 55.7. The summed E-state index contributed by atoms with van der Waals surface area (Å²) >= 11 is 0. The fourth-order valence-electron chi connectivity index (χ4n) is 11.1. The Bertz CT molecular complexity index is 1470. The first-order chi connectivity index (χ1) is 41.0. The molecule has 0 aromatic heterocycles. The third-order valence-electron chi connectivity index (χ3n) is 16.5. The van der Waals surface area contributed by atoms with Gasteiger partial charge >= 0.3 is 17.9 Å². The van der Waals surface area contributed by atoms with Crippen molar-refractivity contribution in [3.63, 3.8) is 0 Å². The molecule has 0 aliphatic heterocycles. The predicted octanol–water partition coefficient (Wildman–Crippen LogP) is 25.5. The van der Waals surface area contributed by atoms with Crippen LogP contribution in [0.2, 0.25) is 0 Å². The Hall–Kier alpha value is -2.89. The van der Waals surface area contributed by atoms with Gasteiger partial charge in [0.05, 0.1) is 0 Å². The molecule has 0 aliphatic rings. The quantitative estimate of drug-likeness (QED) is 0.0261. The molecule has 1 unspecified atom stereocenters. The molecule has 0 heterocycles. The van der Waals surface area contributed by atoms with E-state index in [0.29, 0.717) is 19.3 Å². The number of hydrogen-bond acceptors (Lipinski definition) is 6. The van der Waals surface area contributed by atoms with Crippen molar-refractivity contribution in [3.05, 3.63) is 60.8 Å². The average Bonchev–Trinajstić information content (AvgIpc) is 3.49. The number of allylic oxidation sites excluding steroid dienone is 10. The number of unbranched alkanes of at least 4 members (excludes halogenated alkanes) is 47. The summed E-state index contributed by atoms with van der Waals surface area (Å²) in [5.74, 6) is -0.854. The Labute approximate surface area is 517 Å². The zero-order valence-electron chi connectivity index (χ0n) is 55.7. The summed E-state index contributed by atoms with van der Waals surface area (Å²) in [6.07, 6.45) is 92.9. The molecule has 0 radical (unpaired) electrons. The highest BCUT2D eigenvalue weighted by Crippen LogP contribution is 2.19. The molecular weight excluding hydrogens is 1020 g/mol. The Morgan fingerprint density at radius 2 is 0.470 bits per heavy atom. The largest absolute Gasteiger partial charge is 0.462 e. The van der Waals surface area contributed by atoms with Crippen LogP contribution in [0.3, 0.4) is 0 Å². The van der Waals surface area contributed by atoms with Crippen molar-refractivity contribution < 1.29 is 28.6 Å². The third-order valence-corrected chi connectivity index (χ3v) is 16.5. The second kappa shape index (κ2) is 71.6. The zero-order chi connectivity index (χ0) is 59.9. The van der Waals surface area contributed by atoms with Crippen LogP contribution in [-0.4, -0.2) is 37.2 Å². The third kappa shape index (κ3) is 69.8. The van der Waals surface area contributed by atoms with E-state index in [-0.39, 0.29) is 31.1 Å². The molecule has 6 nitrogen and oxygen atoms in total. The van der Waals surface area contributed by atoms with Gasteiger partial charge in [-0.15, -0.1) is 0 Å². The van der Waals surface area contributed by atoms with Crippen LogP contribution in [0.25, 0.3) is 0 Å². The van der Waals surface area contributed by atoms with E-state index in [1.165, 1.54) is 263 Å². The highest BCUT2D eigenvalue weighted by Gasteiger charge is 2.19. The summed E-state index contributed by atoms with van der Waals surface area (Å²) in [4.78, 5) is 38.3. The Morgan fingerprint density at radius 1 is 0.253 bits per heavy atom. The van der Waals surface area contributed by atoms with E-state index in [4.69, 9.17) is 14.2 Å². The van der Waals surface area contributed by atoms with Gasteiger partial charge in [0, 0.05) is 19.3 Å². The summed E-state index contributed by atoms with van der Waals surface area (Å²) in [6, 6.07) is 0. The molecule has 6 heteroatoms. The van der Waals surface area contributed by atoms with Crippen molar-refractivity contribution in [2.45, 2.75) is 399 Å². The lowest BCUT2D eigenvalue weighted by Gasteiger charge is -2.18. The molecule has 0 fully saturated rings. The summed E-state index contributed by atoms with van der Waals surface area (Å²) in [5, 5.41) is 0. The maximum absolute atomic E-state index is 12.9. The summed E-state index contributed by atoms with van der Waals surface area (Å²) < 4.78 is 16.9. The number of carbonyl (C=O) groups is 3. The van der Waals surface area contributed by atoms with E-state index in [2.05, 4.69) is 81.5 Å². The van der Waals surface area contributed by atoms with E-state index < -0.39 is 6.10 Å². The molecule has 0 saturated heterocycles. The van der Waals surface area contributed by atoms with Crippen LogP contribution >= 0.6 is 0 Å². The van der Waals surface area contributed by atoms with Crippen molar-refractivity contribution >= 4 is 17.9 Å². The SMILES string of the molecule is CC/C=C\C/C=C\C/C=C\C/C=C\C/C=C\CCCCCCCCCCCCCC(=O)OC(COC(=O)CCCCCCCCCC)COC(=O)CCCCCCCCCCCCCCCCCCCCCCCCCCCCCCCC.